The van der Waals surface area contributed by atoms with E-state index in [0.717, 1.165) is 47.9 Å². The highest BCUT2D eigenvalue weighted by Crippen LogP contribution is 2.43. The highest BCUT2D eigenvalue weighted by Gasteiger charge is 2.34. The zero-order valence-electron chi connectivity index (χ0n) is 19.0. The Bertz CT molecular complexity index is 1140. The lowest BCUT2D eigenvalue weighted by atomic mass is 9.85. The third-order valence-electron chi connectivity index (χ3n) is 6.05. The molecule has 1 N–H and O–H groups in total. The van der Waals surface area contributed by atoms with Crippen molar-refractivity contribution in [2.75, 3.05) is 43.1 Å². The van der Waals surface area contributed by atoms with Crippen molar-refractivity contribution in [1.82, 2.24) is 20.0 Å². The molecule has 0 radical (unpaired) electrons. The Labute approximate surface area is 192 Å². The quantitative estimate of drug-likeness (QED) is 0.619. The Morgan fingerprint density at radius 3 is 2.64 bits per heavy atom. The average Bonchev–Trinajstić information content (AvgIpc) is 3.19. The molecule has 33 heavy (non-hydrogen) atoms. The topological polar surface area (TPSA) is 94.4 Å². The van der Waals surface area contributed by atoms with Gasteiger partial charge in [-0.25, -0.2) is 0 Å². The fourth-order valence-electron chi connectivity index (χ4n) is 4.48. The molecule has 2 aliphatic heterocycles. The molecule has 9 heteroatoms. The van der Waals surface area contributed by atoms with Crippen molar-refractivity contribution >= 4 is 17.5 Å². The van der Waals surface area contributed by atoms with E-state index in [1.807, 2.05) is 43.3 Å². The molecule has 0 saturated carbocycles. The summed E-state index contributed by atoms with van der Waals surface area (Å²) in [5.41, 5.74) is 2.83. The zero-order valence-corrected chi connectivity index (χ0v) is 19.0. The van der Waals surface area contributed by atoms with Gasteiger partial charge >= 0.3 is 0 Å². The lowest BCUT2D eigenvalue weighted by molar-refractivity contribution is -0.116. The third kappa shape index (κ3) is 4.16. The average molecular weight is 449 g/mol. The fourth-order valence-corrected chi connectivity index (χ4v) is 4.48. The maximum atomic E-state index is 12.7. The van der Waals surface area contributed by atoms with E-state index in [-0.39, 0.29) is 11.8 Å². The number of anilines is 2. The number of hydrogen-bond donors (Lipinski definition) is 1. The number of nitrogens with one attached hydrogen (secondary N) is 1. The zero-order chi connectivity index (χ0) is 22.8. The van der Waals surface area contributed by atoms with Gasteiger partial charge in [0, 0.05) is 36.6 Å². The predicted molar refractivity (Wildman–Crippen MR) is 124 cm³/mol. The first-order valence-electron chi connectivity index (χ1n) is 11.4. The highest BCUT2D eigenvalue weighted by molar-refractivity contribution is 5.95. The van der Waals surface area contributed by atoms with E-state index in [1.54, 1.807) is 4.68 Å². The van der Waals surface area contributed by atoms with Crippen LogP contribution in [0, 0.1) is 6.92 Å². The minimum atomic E-state index is -0.142. The van der Waals surface area contributed by atoms with Crippen LogP contribution in [-0.4, -0.2) is 58.8 Å². The van der Waals surface area contributed by atoms with Crippen molar-refractivity contribution in [3.63, 3.8) is 0 Å². The number of aryl methyl sites for hydroxylation is 1. The molecule has 1 aromatic carbocycles. The van der Waals surface area contributed by atoms with E-state index in [4.69, 9.17) is 14.6 Å². The summed E-state index contributed by atoms with van der Waals surface area (Å²) in [4.78, 5) is 14.9. The lowest BCUT2D eigenvalue weighted by Gasteiger charge is -2.27. The molecule has 5 rings (SSSR count). The second kappa shape index (κ2) is 9.19. The SMILES string of the molecule is CCCOc1ccccc1[C@@H]1CC(=O)Nc2c1c(C)nn2-c1ccc(N2CCOCC2)nn1. The Morgan fingerprint density at radius 2 is 1.88 bits per heavy atom. The van der Waals surface area contributed by atoms with Gasteiger partial charge in [0.05, 0.1) is 25.5 Å². The molecule has 1 atom stereocenters. The van der Waals surface area contributed by atoms with Crippen molar-refractivity contribution in [3.05, 3.63) is 53.2 Å². The number of hydrogen-bond acceptors (Lipinski definition) is 7. The summed E-state index contributed by atoms with van der Waals surface area (Å²) in [5.74, 6) is 2.63. The van der Waals surface area contributed by atoms with E-state index >= 15 is 0 Å². The molecule has 0 bridgehead atoms. The molecule has 0 unspecified atom stereocenters. The summed E-state index contributed by atoms with van der Waals surface area (Å²) in [7, 11) is 0. The van der Waals surface area contributed by atoms with E-state index in [1.165, 1.54) is 0 Å². The van der Waals surface area contributed by atoms with Crippen LogP contribution in [0.15, 0.2) is 36.4 Å². The van der Waals surface area contributed by atoms with Gasteiger partial charge in [-0.2, -0.15) is 9.78 Å². The van der Waals surface area contributed by atoms with Gasteiger partial charge in [-0.1, -0.05) is 25.1 Å². The molecule has 1 amide bonds. The number of morpholine rings is 1. The van der Waals surface area contributed by atoms with Crippen LogP contribution in [0.25, 0.3) is 5.82 Å². The number of carbonyl (C=O) groups is 1. The molecular formula is C24H28N6O3. The molecule has 0 spiro atoms. The third-order valence-corrected chi connectivity index (χ3v) is 6.05. The van der Waals surface area contributed by atoms with E-state index in [0.29, 0.717) is 37.9 Å². The van der Waals surface area contributed by atoms with Crippen LogP contribution in [0.3, 0.4) is 0 Å². The van der Waals surface area contributed by atoms with Crippen molar-refractivity contribution in [3.8, 4) is 11.6 Å². The Balaban J connectivity index is 1.51. The van der Waals surface area contributed by atoms with Crippen molar-refractivity contribution in [2.24, 2.45) is 0 Å². The molecule has 0 aliphatic carbocycles. The summed E-state index contributed by atoms with van der Waals surface area (Å²) in [6.07, 6.45) is 1.26. The smallest absolute Gasteiger partial charge is 0.226 e. The molecule has 1 saturated heterocycles. The summed E-state index contributed by atoms with van der Waals surface area (Å²) in [6.45, 7) is 7.63. The monoisotopic (exact) mass is 448 g/mol. The molecule has 4 heterocycles. The van der Waals surface area contributed by atoms with Crippen LogP contribution in [0.5, 0.6) is 5.75 Å². The molecule has 2 aliphatic rings. The number of nitrogens with zero attached hydrogens (tertiary/aromatic N) is 5. The molecule has 172 valence electrons. The minimum absolute atomic E-state index is 0.0585. The molecule has 1 fully saturated rings. The summed E-state index contributed by atoms with van der Waals surface area (Å²) in [5, 5.41) is 16.6. The lowest BCUT2D eigenvalue weighted by Crippen LogP contribution is -2.36. The van der Waals surface area contributed by atoms with Crippen LogP contribution in [-0.2, 0) is 9.53 Å². The van der Waals surface area contributed by atoms with E-state index in [2.05, 4.69) is 27.3 Å². The van der Waals surface area contributed by atoms with Gasteiger partial charge in [-0.3, -0.25) is 4.79 Å². The van der Waals surface area contributed by atoms with Crippen molar-refractivity contribution in [1.29, 1.82) is 0 Å². The molecule has 2 aromatic heterocycles. The number of para-hydroxylation sites is 1. The van der Waals surface area contributed by atoms with Gasteiger partial charge in [-0.05, 0) is 31.5 Å². The number of rotatable bonds is 6. The van der Waals surface area contributed by atoms with Crippen LogP contribution in [0.1, 0.15) is 42.5 Å². The largest absolute Gasteiger partial charge is 0.493 e. The first-order valence-corrected chi connectivity index (χ1v) is 11.4. The second-order valence-corrected chi connectivity index (χ2v) is 8.30. The van der Waals surface area contributed by atoms with Crippen LogP contribution in [0.4, 0.5) is 11.6 Å². The number of benzene rings is 1. The van der Waals surface area contributed by atoms with Gasteiger partial charge in [0.2, 0.25) is 5.91 Å². The van der Waals surface area contributed by atoms with Crippen molar-refractivity contribution in [2.45, 2.75) is 32.6 Å². The van der Waals surface area contributed by atoms with Gasteiger partial charge in [0.25, 0.3) is 0 Å². The Morgan fingerprint density at radius 1 is 1.12 bits per heavy atom. The summed E-state index contributed by atoms with van der Waals surface area (Å²) >= 11 is 0. The number of aromatic nitrogens is 4. The van der Waals surface area contributed by atoms with Crippen LogP contribution >= 0.6 is 0 Å². The van der Waals surface area contributed by atoms with E-state index < -0.39 is 0 Å². The first kappa shape index (κ1) is 21.4. The van der Waals surface area contributed by atoms with Gasteiger partial charge in [0.1, 0.15) is 11.6 Å². The molecule has 3 aromatic rings. The van der Waals surface area contributed by atoms with Crippen LogP contribution in [0.2, 0.25) is 0 Å². The van der Waals surface area contributed by atoms with E-state index in [9.17, 15) is 4.79 Å². The Kier molecular flexibility index (Phi) is 5.95. The molecular weight excluding hydrogens is 420 g/mol. The van der Waals surface area contributed by atoms with Gasteiger partial charge in [0.15, 0.2) is 11.6 Å². The maximum absolute atomic E-state index is 12.7. The normalized spacial score (nSPS) is 18.1. The highest BCUT2D eigenvalue weighted by atomic mass is 16.5. The number of ether oxygens (including phenoxy) is 2. The van der Waals surface area contributed by atoms with Gasteiger partial charge in [-0.15, -0.1) is 10.2 Å². The number of carbonyl (C=O) groups excluding carboxylic acids is 1. The fraction of sp³-hybridized carbons (Fsp3) is 0.417. The molecule has 9 nitrogen and oxygen atoms in total. The number of fused-ring (bicyclic) bond motifs is 1. The first-order chi connectivity index (χ1) is 16.2. The van der Waals surface area contributed by atoms with Crippen LogP contribution < -0.4 is 15.0 Å². The Hall–Kier alpha value is -3.46. The minimum Gasteiger partial charge on any atom is -0.493 e. The predicted octanol–water partition coefficient (Wildman–Crippen LogP) is 3.07. The summed E-state index contributed by atoms with van der Waals surface area (Å²) in [6, 6.07) is 11.8. The standard InChI is InChI=1S/C24H28N6O3/c1-3-12-33-19-7-5-4-6-17(19)18-15-22(31)25-24-23(18)16(2)28-30(24)21-9-8-20(26-27-21)29-10-13-32-14-11-29/h4-9,18H,3,10-15H2,1-2H3,(H,25,31)/t18-/m0/s1. The number of amides is 1. The van der Waals surface area contributed by atoms with Gasteiger partial charge < -0.3 is 19.7 Å². The summed E-state index contributed by atoms with van der Waals surface area (Å²) < 4.78 is 13.1. The van der Waals surface area contributed by atoms with Crippen molar-refractivity contribution < 1.29 is 14.3 Å². The maximum Gasteiger partial charge on any atom is 0.226 e. The second-order valence-electron chi connectivity index (χ2n) is 8.30.